The lowest BCUT2D eigenvalue weighted by Gasteiger charge is -2.41. The molecule has 5 heteroatoms. The third kappa shape index (κ3) is 4.70. The van der Waals surface area contributed by atoms with Crippen molar-refractivity contribution in [2.24, 2.45) is 0 Å². The standard InChI is InChI=1S/C22H33N3O2/c1-16-7-4-5-9-20(16)22(27)23-13-12-21(26)24-14-6-8-19(15-24)25-17(2)10-11-18(25)3/h4-5,7,9,17-19H,6,8,10-15H2,1-3H3,(H,23,27). The van der Waals surface area contributed by atoms with Crippen LogP contribution in [-0.2, 0) is 4.79 Å². The molecule has 3 atom stereocenters. The molecule has 0 bridgehead atoms. The van der Waals surface area contributed by atoms with Crippen LogP contribution in [-0.4, -0.2) is 59.4 Å². The van der Waals surface area contributed by atoms with Crippen LogP contribution in [0.25, 0.3) is 0 Å². The van der Waals surface area contributed by atoms with Gasteiger partial charge in [0.15, 0.2) is 0 Å². The molecule has 0 aliphatic carbocycles. The zero-order valence-electron chi connectivity index (χ0n) is 16.9. The van der Waals surface area contributed by atoms with E-state index in [0.717, 1.165) is 25.1 Å². The van der Waals surface area contributed by atoms with Crippen molar-refractivity contribution in [3.05, 3.63) is 35.4 Å². The lowest BCUT2D eigenvalue weighted by atomic mass is 10.0. The fourth-order valence-corrected chi connectivity index (χ4v) is 4.72. The Morgan fingerprint density at radius 2 is 1.81 bits per heavy atom. The van der Waals surface area contributed by atoms with E-state index in [1.807, 2.05) is 36.1 Å². The van der Waals surface area contributed by atoms with Crippen molar-refractivity contribution in [3.63, 3.8) is 0 Å². The zero-order chi connectivity index (χ0) is 19.4. The van der Waals surface area contributed by atoms with E-state index in [4.69, 9.17) is 0 Å². The maximum Gasteiger partial charge on any atom is 0.251 e. The van der Waals surface area contributed by atoms with Gasteiger partial charge >= 0.3 is 0 Å². The minimum atomic E-state index is -0.0999. The van der Waals surface area contributed by atoms with Crippen molar-refractivity contribution in [3.8, 4) is 0 Å². The number of likely N-dealkylation sites (tertiary alicyclic amines) is 2. The Bertz CT molecular complexity index is 665. The fourth-order valence-electron chi connectivity index (χ4n) is 4.72. The molecule has 2 aliphatic heterocycles. The van der Waals surface area contributed by atoms with Crippen LogP contribution in [0, 0.1) is 6.92 Å². The van der Waals surface area contributed by atoms with Crippen LogP contribution in [0.1, 0.15) is 61.9 Å². The number of hydrogen-bond acceptors (Lipinski definition) is 3. The van der Waals surface area contributed by atoms with Gasteiger partial charge in [0.2, 0.25) is 5.91 Å². The van der Waals surface area contributed by atoms with E-state index in [1.54, 1.807) is 0 Å². The molecule has 0 spiro atoms. The highest BCUT2D eigenvalue weighted by molar-refractivity contribution is 5.95. The Kier molecular flexibility index (Phi) is 6.53. The molecule has 148 valence electrons. The van der Waals surface area contributed by atoms with Crippen LogP contribution < -0.4 is 5.32 Å². The van der Waals surface area contributed by atoms with Gasteiger partial charge in [-0.25, -0.2) is 0 Å². The summed E-state index contributed by atoms with van der Waals surface area (Å²) < 4.78 is 0. The first-order valence-corrected chi connectivity index (χ1v) is 10.4. The first-order chi connectivity index (χ1) is 13.0. The van der Waals surface area contributed by atoms with Gasteiger partial charge in [-0.3, -0.25) is 14.5 Å². The van der Waals surface area contributed by atoms with E-state index in [2.05, 4.69) is 24.1 Å². The molecule has 27 heavy (non-hydrogen) atoms. The van der Waals surface area contributed by atoms with Crippen molar-refractivity contribution < 1.29 is 9.59 Å². The molecule has 0 saturated carbocycles. The number of nitrogens with zero attached hydrogens (tertiary/aromatic N) is 2. The van der Waals surface area contributed by atoms with Crippen molar-refractivity contribution in [1.29, 1.82) is 0 Å². The Labute approximate surface area is 163 Å². The number of aryl methyl sites for hydroxylation is 1. The number of piperidine rings is 1. The molecule has 0 aromatic heterocycles. The summed E-state index contributed by atoms with van der Waals surface area (Å²) in [5, 5.41) is 2.89. The second-order valence-corrected chi connectivity index (χ2v) is 8.18. The van der Waals surface area contributed by atoms with E-state index in [-0.39, 0.29) is 11.8 Å². The number of rotatable bonds is 5. The van der Waals surface area contributed by atoms with E-state index >= 15 is 0 Å². The summed E-state index contributed by atoms with van der Waals surface area (Å²) in [6.45, 7) is 8.62. The molecule has 0 radical (unpaired) electrons. The highest BCUT2D eigenvalue weighted by atomic mass is 16.2. The van der Waals surface area contributed by atoms with Crippen LogP contribution in [0.2, 0.25) is 0 Å². The predicted molar refractivity (Wildman–Crippen MR) is 108 cm³/mol. The minimum Gasteiger partial charge on any atom is -0.352 e. The van der Waals surface area contributed by atoms with Crippen molar-refractivity contribution >= 4 is 11.8 Å². The van der Waals surface area contributed by atoms with Gasteiger partial charge in [-0.2, -0.15) is 0 Å². The molecule has 2 amide bonds. The van der Waals surface area contributed by atoms with Gasteiger partial charge in [0.25, 0.3) is 5.91 Å². The number of amides is 2. The lowest BCUT2D eigenvalue weighted by Crippen LogP contribution is -2.52. The normalized spacial score (nSPS) is 26.2. The molecule has 3 unspecified atom stereocenters. The summed E-state index contributed by atoms with van der Waals surface area (Å²) in [5.41, 5.74) is 1.63. The quantitative estimate of drug-likeness (QED) is 0.866. The van der Waals surface area contributed by atoms with E-state index < -0.39 is 0 Å². The summed E-state index contributed by atoms with van der Waals surface area (Å²) in [5.74, 6) is 0.0569. The molecule has 3 rings (SSSR count). The van der Waals surface area contributed by atoms with Crippen LogP contribution >= 0.6 is 0 Å². The van der Waals surface area contributed by atoms with Gasteiger partial charge in [-0.1, -0.05) is 18.2 Å². The Morgan fingerprint density at radius 1 is 1.11 bits per heavy atom. The molecular weight excluding hydrogens is 338 g/mol. The third-order valence-corrected chi connectivity index (χ3v) is 6.21. The van der Waals surface area contributed by atoms with Gasteiger partial charge in [0, 0.05) is 49.7 Å². The molecule has 1 N–H and O–H groups in total. The maximum atomic E-state index is 12.7. The van der Waals surface area contributed by atoms with Crippen molar-refractivity contribution in [2.45, 2.75) is 71.0 Å². The van der Waals surface area contributed by atoms with Gasteiger partial charge in [0.05, 0.1) is 0 Å². The van der Waals surface area contributed by atoms with Crippen LogP contribution in [0.5, 0.6) is 0 Å². The molecular formula is C22H33N3O2. The number of hydrogen-bond donors (Lipinski definition) is 1. The fraction of sp³-hybridized carbons (Fsp3) is 0.636. The Hall–Kier alpha value is -1.88. The number of benzene rings is 1. The highest BCUT2D eigenvalue weighted by Crippen LogP contribution is 2.29. The van der Waals surface area contributed by atoms with E-state index in [1.165, 1.54) is 19.3 Å². The largest absolute Gasteiger partial charge is 0.352 e. The van der Waals surface area contributed by atoms with Crippen LogP contribution in [0.15, 0.2) is 24.3 Å². The molecule has 2 heterocycles. The Morgan fingerprint density at radius 3 is 2.52 bits per heavy atom. The average Bonchev–Trinajstić information content (AvgIpc) is 3.00. The first-order valence-electron chi connectivity index (χ1n) is 10.4. The smallest absolute Gasteiger partial charge is 0.251 e. The SMILES string of the molecule is Cc1ccccc1C(=O)NCCC(=O)N1CCCC(N2C(C)CCC2C)C1. The zero-order valence-corrected chi connectivity index (χ0v) is 16.9. The third-order valence-electron chi connectivity index (χ3n) is 6.21. The molecule has 1 aromatic rings. The summed E-state index contributed by atoms with van der Waals surface area (Å²) in [6.07, 6.45) is 5.15. The second-order valence-electron chi connectivity index (χ2n) is 8.18. The first kappa shape index (κ1) is 19.9. The average molecular weight is 372 g/mol. The number of carbonyl (C=O) groups is 2. The maximum absolute atomic E-state index is 12.7. The van der Waals surface area contributed by atoms with Gasteiger partial charge < -0.3 is 10.2 Å². The molecule has 2 aliphatic rings. The summed E-state index contributed by atoms with van der Waals surface area (Å²) in [7, 11) is 0. The Balaban J connectivity index is 1.48. The molecule has 1 aromatic carbocycles. The summed E-state index contributed by atoms with van der Waals surface area (Å²) >= 11 is 0. The lowest BCUT2D eigenvalue weighted by molar-refractivity contribution is -0.133. The van der Waals surface area contributed by atoms with E-state index in [0.29, 0.717) is 36.7 Å². The van der Waals surface area contributed by atoms with Crippen molar-refractivity contribution in [2.75, 3.05) is 19.6 Å². The van der Waals surface area contributed by atoms with Crippen LogP contribution in [0.4, 0.5) is 0 Å². The summed E-state index contributed by atoms with van der Waals surface area (Å²) in [6, 6.07) is 9.25. The highest BCUT2D eigenvalue weighted by Gasteiger charge is 2.36. The molecule has 2 fully saturated rings. The van der Waals surface area contributed by atoms with Gasteiger partial charge in [-0.05, 0) is 58.1 Å². The monoisotopic (exact) mass is 371 g/mol. The predicted octanol–water partition coefficient (Wildman–Crippen LogP) is 2.98. The second kappa shape index (κ2) is 8.87. The van der Waals surface area contributed by atoms with Gasteiger partial charge in [0.1, 0.15) is 0 Å². The van der Waals surface area contributed by atoms with Crippen LogP contribution in [0.3, 0.4) is 0 Å². The summed E-state index contributed by atoms with van der Waals surface area (Å²) in [4.78, 5) is 29.6. The molecule has 5 nitrogen and oxygen atoms in total. The van der Waals surface area contributed by atoms with Gasteiger partial charge in [-0.15, -0.1) is 0 Å². The van der Waals surface area contributed by atoms with E-state index in [9.17, 15) is 9.59 Å². The molecule has 2 saturated heterocycles. The minimum absolute atomic E-state index is 0.0999. The number of carbonyl (C=O) groups excluding carboxylic acids is 2. The van der Waals surface area contributed by atoms with Crippen molar-refractivity contribution in [1.82, 2.24) is 15.1 Å². The topological polar surface area (TPSA) is 52.7 Å². The number of nitrogens with one attached hydrogen (secondary N) is 1.